The second-order valence-electron chi connectivity index (χ2n) is 3.53. The van der Waals surface area contributed by atoms with E-state index in [1.807, 2.05) is 0 Å². The molecule has 0 fully saturated rings. The zero-order chi connectivity index (χ0) is 11.7. The quantitative estimate of drug-likeness (QED) is 0.622. The second-order valence-corrected chi connectivity index (χ2v) is 3.53. The normalized spacial score (nSPS) is 10.6. The molecule has 1 N–H and O–H groups in total. The van der Waals surface area contributed by atoms with Gasteiger partial charge in [0.2, 0.25) is 0 Å². The van der Waals surface area contributed by atoms with Crippen molar-refractivity contribution in [1.29, 1.82) is 0 Å². The molecule has 0 aliphatic rings. The van der Waals surface area contributed by atoms with Crippen LogP contribution in [0.25, 0.3) is 11.1 Å². The number of nitrogens with one attached hydrogen (secondary N) is 1. The summed E-state index contributed by atoms with van der Waals surface area (Å²) in [4.78, 5) is 35.7. The summed E-state index contributed by atoms with van der Waals surface area (Å²) in [6.07, 6.45) is -0.139. The average Bonchev–Trinajstić information content (AvgIpc) is 2.55. The van der Waals surface area contributed by atoms with Gasteiger partial charge in [0.25, 0.3) is 0 Å². The molecule has 16 heavy (non-hydrogen) atoms. The Kier molecular flexibility index (Phi) is 2.44. The van der Waals surface area contributed by atoms with Crippen molar-refractivity contribution < 1.29 is 14.0 Å². The molecule has 0 saturated heterocycles. The molecule has 0 bridgehead atoms. The monoisotopic (exact) mass is 219 g/mol. The van der Waals surface area contributed by atoms with Crippen molar-refractivity contribution in [1.82, 2.24) is 4.98 Å². The van der Waals surface area contributed by atoms with Gasteiger partial charge >= 0.3 is 5.76 Å². The molecule has 0 atom stereocenters. The summed E-state index contributed by atoms with van der Waals surface area (Å²) >= 11 is 0. The Morgan fingerprint density at radius 3 is 2.81 bits per heavy atom. The largest absolute Gasteiger partial charge is 0.417 e. The molecule has 2 rings (SSSR count). The van der Waals surface area contributed by atoms with Gasteiger partial charge in [-0.1, -0.05) is 0 Å². The number of benzene rings is 1. The van der Waals surface area contributed by atoms with E-state index in [0.717, 1.165) is 0 Å². The van der Waals surface area contributed by atoms with Gasteiger partial charge in [-0.15, -0.1) is 0 Å². The number of carbonyl (C=O) groups excluding carboxylic acids is 2. The highest BCUT2D eigenvalue weighted by Gasteiger charge is 2.10. The van der Waals surface area contributed by atoms with Crippen LogP contribution in [-0.2, 0) is 4.79 Å². The molecule has 0 aliphatic carbocycles. The zero-order valence-corrected chi connectivity index (χ0v) is 8.57. The van der Waals surface area contributed by atoms with Crippen molar-refractivity contribution in [3.63, 3.8) is 0 Å². The van der Waals surface area contributed by atoms with Gasteiger partial charge in [-0.3, -0.25) is 14.6 Å². The lowest BCUT2D eigenvalue weighted by molar-refractivity contribution is -0.116. The van der Waals surface area contributed by atoms with Gasteiger partial charge in [0.1, 0.15) is 5.78 Å². The predicted molar refractivity (Wildman–Crippen MR) is 56.5 cm³/mol. The topological polar surface area (TPSA) is 80.1 Å². The first kappa shape index (κ1) is 10.4. The van der Waals surface area contributed by atoms with Crippen LogP contribution in [0.3, 0.4) is 0 Å². The lowest BCUT2D eigenvalue weighted by Crippen LogP contribution is -2.04. The van der Waals surface area contributed by atoms with Gasteiger partial charge in [-0.05, 0) is 25.1 Å². The van der Waals surface area contributed by atoms with E-state index in [4.69, 9.17) is 4.42 Å². The summed E-state index contributed by atoms with van der Waals surface area (Å²) in [5, 5.41) is 0. The lowest BCUT2D eigenvalue weighted by atomic mass is 10.1. The number of carbonyl (C=O) groups is 2. The molecule has 0 amide bonds. The highest BCUT2D eigenvalue weighted by Crippen LogP contribution is 2.13. The van der Waals surface area contributed by atoms with Crippen LogP contribution in [0.5, 0.6) is 0 Å². The van der Waals surface area contributed by atoms with Crippen molar-refractivity contribution >= 4 is 22.7 Å². The SMILES string of the molecule is CC(=O)CC(=O)c1ccc2[nH]c(=O)oc2c1. The Balaban J connectivity index is 2.42. The molecule has 5 nitrogen and oxygen atoms in total. The number of aromatic nitrogens is 1. The minimum atomic E-state index is -0.564. The number of oxazole rings is 1. The Labute approximate surface area is 90.1 Å². The standard InChI is InChI=1S/C11H9NO4/c1-6(13)4-9(14)7-2-3-8-10(5-7)16-11(15)12-8/h2-3,5H,4H2,1H3,(H,12,15). The van der Waals surface area contributed by atoms with Crippen molar-refractivity contribution in [2.45, 2.75) is 13.3 Å². The number of hydrogen-bond donors (Lipinski definition) is 1. The van der Waals surface area contributed by atoms with Gasteiger partial charge in [-0.25, -0.2) is 4.79 Å². The van der Waals surface area contributed by atoms with E-state index in [-0.39, 0.29) is 18.0 Å². The third kappa shape index (κ3) is 1.93. The van der Waals surface area contributed by atoms with Crippen LogP contribution < -0.4 is 5.76 Å². The van der Waals surface area contributed by atoms with Crippen LogP contribution in [0.15, 0.2) is 27.4 Å². The van der Waals surface area contributed by atoms with Crippen molar-refractivity contribution in [3.05, 3.63) is 34.3 Å². The molecule has 1 heterocycles. The van der Waals surface area contributed by atoms with E-state index in [0.29, 0.717) is 16.7 Å². The van der Waals surface area contributed by atoms with Gasteiger partial charge in [0, 0.05) is 5.56 Å². The number of rotatable bonds is 3. The molecule has 1 aromatic carbocycles. The van der Waals surface area contributed by atoms with E-state index in [1.54, 1.807) is 12.1 Å². The summed E-state index contributed by atoms with van der Waals surface area (Å²) in [7, 11) is 0. The molecule has 0 saturated carbocycles. The summed E-state index contributed by atoms with van der Waals surface area (Å²) < 4.78 is 4.82. The predicted octanol–water partition coefficient (Wildman–Crippen LogP) is 1.28. The Morgan fingerprint density at radius 1 is 1.38 bits per heavy atom. The van der Waals surface area contributed by atoms with Gasteiger partial charge in [-0.2, -0.15) is 0 Å². The van der Waals surface area contributed by atoms with Gasteiger partial charge in [0.15, 0.2) is 11.4 Å². The molecular formula is C11H9NO4. The van der Waals surface area contributed by atoms with Crippen LogP contribution >= 0.6 is 0 Å². The van der Waals surface area contributed by atoms with Gasteiger partial charge < -0.3 is 4.42 Å². The first-order valence-electron chi connectivity index (χ1n) is 4.72. The number of ketones is 2. The molecule has 1 aromatic heterocycles. The second kappa shape index (κ2) is 3.77. The fraction of sp³-hybridized carbons (Fsp3) is 0.182. The molecule has 5 heteroatoms. The summed E-state index contributed by atoms with van der Waals surface area (Å²) in [6.45, 7) is 1.35. The van der Waals surface area contributed by atoms with Crippen LogP contribution in [0.4, 0.5) is 0 Å². The van der Waals surface area contributed by atoms with E-state index < -0.39 is 5.76 Å². The van der Waals surface area contributed by atoms with E-state index in [2.05, 4.69) is 4.98 Å². The smallest absolute Gasteiger partial charge is 0.408 e. The van der Waals surface area contributed by atoms with Crippen molar-refractivity contribution in [2.75, 3.05) is 0 Å². The Morgan fingerprint density at radius 2 is 2.12 bits per heavy atom. The molecule has 0 aliphatic heterocycles. The third-order valence-corrected chi connectivity index (χ3v) is 2.15. The summed E-state index contributed by atoms with van der Waals surface area (Å²) in [5.41, 5.74) is 1.22. The first-order chi connectivity index (χ1) is 7.56. The highest BCUT2D eigenvalue weighted by atomic mass is 16.4. The molecule has 0 radical (unpaired) electrons. The van der Waals surface area contributed by atoms with Gasteiger partial charge in [0.05, 0.1) is 11.9 Å². The van der Waals surface area contributed by atoms with E-state index in [1.165, 1.54) is 13.0 Å². The fourth-order valence-corrected chi connectivity index (χ4v) is 1.45. The number of aromatic amines is 1. The fourth-order valence-electron chi connectivity index (χ4n) is 1.45. The van der Waals surface area contributed by atoms with Crippen molar-refractivity contribution in [3.8, 4) is 0 Å². The van der Waals surface area contributed by atoms with Crippen LogP contribution in [0.1, 0.15) is 23.7 Å². The highest BCUT2D eigenvalue weighted by molar-refractivity contribution is 6.08. The minimum Gasteiger partial charge on any atom is -0.408 e. The first-order valence-corrected chi connectivity index (χ1v) is 4.72. The van der Waals surface area contributed by atoms with Crippen LogP contribution in [-0.4, -0.2) is 16.6 Å². The lowest BCUT2D eigenvalue weighted by Gasteiger charge is -1.97. The number of H-pyrrole nitrogens is 1. The average molecular weight is 219 g/mol. The van der Waals surface area contributed by atoms with Crippen molar-refractivity contribution in [2.24, 2.45) is 0 Å². The summed E-state index contributed by atoms with van der Waals surface area (Å²) in [6, 6.07) is 4.59. The Hall–Kier alpha value is -2.17. The van der Waals surface area contributed by atoms with Crippen LogP contribution in [0, 0.1) is 0 Å². The van der Waals surface area contributed by atoms with E-state index in [9.17, 15) is 14.4 Å². The zero-order valence-electron chi connectivity index (χ0n) is 8.57. The number of hydrogen-bond acceptors (Lipinski definition) is 4. The maximum Gasteiger partial charge on any atom is 0.417 e. The molecule has 82 valence electrons. The number of fused-ring (bicyclic) bond motifs is 1. The third-order valence-electron chi connectivity index (χ3n) is 2.15. The molecule has 0 unspecified atom stereocenters. The molecule has 2 aromatic rings. The van der Waals surface area contributed by atoms with E-state index >= 15 is 0 Å². The Bertz CT molecular complexity index is 620. The molecule has 0 spiro atoms. The molecular weight excluding hydrogens is 210 g/mol. The maximum atomic E-state index is 11.6. The minimum absolute atomic E-state index is 0.139. The number of Topliss-reactive ketones (excluding diaryl/α,β-unsaturated/α-hetero) is 2. The maximum absolute atomic E-state index is 11.6. The summed E-state index contributed by atoms with van der Waals surface area (Å²) in [5.74, 6) is -1.04. The van der Waals surface area contributed by atoms with Crippen LogP contribution in [0.2, 0.25) is 0 Å².